The Labute approximate surface area is 188 Å². The summed E-state index contributed by atoms with van der Waals surface area (Å²) in [7, 11) is 0. The van der Waals surface area contributed by atoms with E-state index in [1.807, 2.05) is 68.4 Å². The number of hydrogen-bond donors (Lipinski definition) is 2. The summed E-state index contributed by atoms with van der Waals surface area (Å²) in [5.41, 5.74) is 8.57. The van der Waals surface area contributed by atoms with E-state index in [4.69, 9.17) is 4.74 Å². The fraction of sp³-hybridized carbons (Fsp3) is 0.192. The van der Waals surface area contributed by atoms with Crippen LogP contribution in [0.4, 0.5) is 5.69 Å². The van der Waals surface area contributed by atoms with Crippen LogP contribution in [-0.4, -0.2) is 17.5 Å². The number of amides is 2. The zero-order chi connectivity index (χ0) is 23.1. The smallest absolute Gasteiger partial charge is 0.329 e. The minimum Gasteiger partial charge on any atom is -0.489 e. The van der Waals surface area contributed by atoms with Gasteiger partial charge in [-0.2, -0.15) is 5.10 Å². The third kappa shape index (κ3) is 6.04. The van der Waals surface area contributed by atoms with Crippen molar-refractivity contribution in [3.63, 3.8) is 0 Å². The van der Waals surface area contributed by atoms with Crippen LogP contribution in [0.25, 0.3) is 0 Å². The van der Waals surface area contributed by atoms with Crippen molar-refractivity contribution in [3.8, 4) is 5.75 Å². The van der Waals surface area contributed by atoms with E-state index in [-0.39, 0.29) is 0 Å². The Kier molecular flexibility index (Phi) is 7.39. The SMILES string of the molecule is CC(=NNC(=O)C(=O)Nc1ccc(C)cc1C)c1ccc(OCc2ccccc2C)cc1. The van der Waals surface area contributed by atoms with Gasteiger partial charge in [-0.05, 0) is 80.3 Å². The topological polar surface area (TPSA) is 79.8 Å². The van der Waals surface area contributed by atoms with E-state index in [0.717, 1.165) is 28.0 Å². The molecule has 0 aromatic heterocycles. The second-order valence-corrected chi connectivity index (χ2v) is 7.65. The quantitative estimate of drug-likeness (QED) is 0.339. The molecule has 6 nitrogen and oxygen atoms in total. The number of hydrogen-bond acceptors (Lipinski definition) is 4. The van der Waals surface area contributed by atoms with Gasteiger partial charge in [-0.1, -0.05) is 42.0 Å². The van der Waals surface area contributed by atoms with Crippen molar-refractivity contribution < 1.29 is 14.3 Å². The van der Waals surface area contributed by atoms with Gasteiger partial charge in [-0.25, -0.2) is 5.43 Å². The predicted octanol–water partition coefficient (Wildman–Crippen LogP) is 4.67. The summed E-state index contributed by atoms with van der Waals surface area (Å²) in [6, 6.07) is 21.1. The molecule has 0 fully saturated rings. The fourth-order valence-electron chi connectivity index (χ4n) is 3.11. The molecule has 32 heavy (non-hydrogen) atoms. The maximum Gasteiger partial charge on any atom is 0.329 e. The van der Waals surface area contributed by atoms with Crippen molar-refractivity contribution in [2.75, 3.05) is 5.32 Å². The Morgan fingerprint density at radius 1 is 0.875 bits per heavy atom. The van der Waals surface area contributed by atoms with E-state index in [1.54, 1.807) is 13.0 Å². The molecule has 3 rings (SSSR count). The van der Waals surface area contributed by atoms with Crippen molar-refractivity contribution in [3.05, 3.63) is 94.5 Å². The lowest BCUT2D eigenvalue weighted by Crippen LogP contribution is -2.33. The van der Waals surface area contributed by atoms with Crippen LogP contribution in [0.15, 0.2) is 71.8 Å². The average Bonchev–Trinajstić information content (AvgIpc) is 2.78. The van der Waals surface area contributed by atoms with E-state index in [1.165, 1.54) is 5.56 Å². The molecule has 2 amide bonds. The molecule has 6 heteroatoms. The normalized spacial score (nSPS) is 11.1. The second-order valence-electron chi connectivity index (χ2n) is 7.65. The molecule has 0 radical (unpaired) electrons. The number of anilines is 1. The molecule has 3 aromatic rings. The first-order chi connectivity index (χ1) is 15.3. The number of hydrazone groups is 1. The van der Waals surface area contributed by atoms with Gasteiger partial charge in [0, 0.05) is 5.69 Å². The number of carbonyl (C=O) groups excluding carboxylic acids is 2. The lowest BCUT2D eigenvalue weighted by Gasteiger charge is -2.10. The van der Waals surface area contributed by atoms with Crippen molar-refractivity contribution in [2.24, 2.45) is 5.10 Å². The summed E-state index contributed by atoms with van der Waals surface area (Å²) in [4.78, 5) is 24.3. The molecule has 0 saturated carbocycles. The van der Waals surface area contributed by atoms with Crippen molar-refractivity contribution in [1.29, 1.82) is 0 Å². The highest BCUT2D eigenvalue weighted by atomic mass is 16.5. The van der Waals surface area contributed by atoms with Gasteiger partial charge in [0.15, 0.2) is 0 Å². The van der Waals surface area contributed by atoms with Crippen LogP contribution < -0.4 is 15.5 Å². The van der Waals surface area contributed by atoms with Crippen LogP contribution in [0.1, 0.15) is 34.7 Å². The summed E-state index contributed by atoms with van der Waals surface area (Å²) >= 11 is 0. The minimum absolute atomic E-state index is 0.491. The van der Waals surface area contributed by atoms with Gasteiger partial charge in [-0.15, -0.1) is 0 Å². The van der Waals surface area contributed by atoms with Gasteiger partial charge in [0.05, 0.1) is 5.71 Å². The summed E-state index contributed by atoms with van der Waals surface area (Å²) in [5, 5.41) is 6.65. The van der Waals surface area contributed by atoms with Crippen LogP contribution in [0.3, 0.4) is 0 Å². The van der Waals surface area contributed by atoms with Gasteiger partial charge >= 0.3 is 11.8 Å². The Bertz CT molecular complexity index is 1150. The lowest BCUT2D eigenvalue weighted by atomic mass is 10.1. The Morgan fingerprint density at radius 3 is 2.28 bits per heavy atom. The summed E-state index contributed by atoms with van der Waals surface area (Å²) in [6.45, 7) is 8.14. The average molecular weight is 430 g/mol. The Morgan fingerprint density at radius 2 is 1.59 bits per heavy atom. The number of nitrogens with zero attached hydrogens (tertiary/aromatic N) is 1. The van der Waals surface area contributed by atoms with E-state index in [9.17, 15) is 9.59 Å². The Balaban J connectivity index is 1.55. The third-order valence-electron chi connectivity index (χ3n) is 5.09. The van der Waals surface area contributed by atoms with Crippen LogP contribution in [0, 0.1) is 20.8 Å². The predicted molar refractivity (Wildman–Crippen MR) is 127 cm³/mol. The van der Waals surface area contributed by atoms with Crippen LogP contribution >= 0.6 is 0 Å². The van der Waals surface area contributed by atoms with E-state index in [0.29, 0.717) is 18.0 Å². The largest absolute Gasteiger partial charge is 0.489 e. The zero-order valence-electron chi connectivity index (χ0n) is 18.7. The standard InChI is InChI=1S/C26H27N3O3/c1-17-9-14-24(19(3)15-17)27-25(30)26(31)29-28-20(4)21-10-12-23(13-11-21)32-16-22-8-6-5-7-18(22)2/h5-15H,16H2,1-4H3,(H,27,30)(H,29,31). The highest BCUT2D eigenvalue weighted by molar-refractivity contribution is 6.39. The van der Waals surface area contributed by atoms with E-state index >= 15 is 0 Å². The fourth-order valence-corrected chi connectivity index (χ4v) is 3.11. The number of rotatable bonds is 6. The summed E-state index contributed by atoms with van der Waals surface area (Å²) in [6.07, 6.45) is 0. The highest BCUT2D eigenvalue weighted by Gasteiger charge is 2.14. The minimum atomic E-state index is -0.831. The maximum atomic E-state index is 12.1. The van der Waals surface area contributed by atoms with Crippen molar-refractivity contribution in [1.82, 2.24) is 5.43 Å². The van der Waals surface area contributed by atoms with Gasteiger partial charge in [0.25, 0.3) is 0 Å². The molecule has 0 saturated heterocycles. The third-order valence-corrected chi connectivity index (χ3v) is 5.09. The molecule has 0 aliphatic carbocycles. The van der Waals surface area contributed by atoms with Crippen LogP contribution in [0.5, 0.6) is 5.75 Å². The monoisotopic (exact) mass is 429 g/mol. The van der Waals surface area contributed by atoms with E-state index in [2.05, 4.69) is 28.8 Å². The first kappa shape index (κ1) is 22.7. The maximum absolute atomic E-state index is 12.1. The van der Waals surface area contributed by atoms with Gasteiger partial charge in [0.2, 0.25) is 0 Å². The van der Waals surface area contributed by atoms with E-state index < -0.39 is 11.8 Å². The summed E-state index contributed by atoms with van der Waals surface area (Å²) < 4.78 is 5.85. The molecule has 0 aliphatic heterocycles. The first-order valence-electron chi connectivity index (χ1n) is 10.3. The zero-order valence-corrected chi connectivity index (χ0v) is 18.7. The number of carbonyl (C=O) groups is 2. The number of ether oxygens (including phenoxy) is 1. The highest BCUT2D eigenvalue weighted by Crippen LogP contribution is 2.17. The molecule has 2 N–H and O–H groups in total. The molecule has 164 valence electrons. The molecule has 0 heterocycles. The first-order valence-corrected chi connectivity index (χ1v) is 10.3. The lowest BCUT2D eigenvalue weighted by molar-refractivity contribution is -0.136. The molecular weight excluding hydrogens is 402 g/mol. The molecule has 0 atom stereocenters. The number of nitrogens with one attached hydrogen (secondary N) is 2. The van der Waals surface area contributed by atoms with Crippen molar-refractivity contribution >= 4 is 23.2 Å². The van der Waals surface area contributed by atoms with Gasteiger partial charge < -0.3 is 10.1 Å². The molecule has 0 bridgehead atoms. The molecule has 0 unspecified atom stereocenters. The van der Waals surface area contributed by atoms with Crippen molar-refractivity contribution in [2.45, 2.75) is 34.3 Å². The van der Waals surface area contributed by atoms with Gasteiger partial charge in [0.1, 0.15) is 12.4 Å². The second kappa shape index (κ2) is 10.4. The van der Waals surface area contributed by atoms with Crippen LogP contribution in [0.2, 0.25) is 0 Å². The van der Waals surface area contributed by atoms with Gasteiger partial charge in [-0.3, -0.25) is 9.59 Å². The molecular formula is C26H27N3O3. The number of benzene rings is 3. The molecule has 3 aromatic carbocycles. The number of aryl methyl sites for hydroxylation is 3. The Hall–Kier alpha value is -3.93. The summed E-state index contributed by atoms with van der Waals surface area (Å²) in [5.74, 6) is -0.863. The molecule has 0 aliphatic rings. The molecule has 0 spiro atoms. The van der Waals surface area contributed by atoms with Crippen LogP contribution in [-0.2, 0) is 16.2 Å².